The fourth-order valence-corrected chi connectivity index (χ4v) is 4.65. The van der Waals surface area contributed by atoms with E-state index in [1.807, 2.05) is 54.0 Å². The molecular formula is C27H31N3O3. The van der Waals surface area contributed by atoms with Gasteiger partial charge in [-0.15, -0.1) is 0 Å². The summed E-state index contributed by atoms with van der Waals surface area (Å²) in [6.07, 6.45) is 1.20. The zero-order chi connectivity index (χ0) is 23.4. The second-order valence-electron chi connectivity index (χ2n) is 8.51. The van der Waals surface area contributed by atoms with Crippen molar-refractivity contribution in [3.8, 4) is 11.1 Å². The minimum atomic E-state index is -0.313. The van der Waals surface area contributed by atoms with Crippen molar-refractivity contribution in [2.45, 2.75) is 33.6 Å². The van der Waals surface area contributed by atoms with Gasteiger partial charge in [0.25, 0.3) is 5.91 Å². The van der Waals surface area contributed by atoms with E-state index in [1.54, 1.807) is 6.92 Å². The number of hydrogen-bond acceptors (Lipinski definition) is 4. The van der Waals surface area contributed by atoms with Crippen LogP contribution < -0.4 is 0 Å². The molecule has 2 heterocycles. The molecular weight excluding hydrogens is 414 g/mol. The standard InChI is InChI=1S/C27H31N3O3/c1-4-24-25(19(3)33-28-24)27(32)30-16-15-29(5-2)26(31)22(18-30)17-21-13-9-10-14-23(21)20-11-7-6-8-12-20/h6-14,22H,4-5,15-18H2,1-3H3/t22-/m1/s1. The van der Waals surface area contributed by atoms with Gasteiger partial charge in [0, 0.05) is 26.2 Å². The fourth-order valence-electron chi connectivity index (χ4n) is 4.65. The van der Waals surface area contributed by atoms with Crippen LogP contribution in [0.5, 0.6) is 0 Å². The summed E-state index contributed by atoms with van der Waals surface area (Å²) >= 11 is 0. The van der Waals surface area contributed by atoms with Crippen molar-refractivity contribution >= 4 is 11.8 Å². The molecule has 0 radical (unpaired) electrons. The van der Waals surface area contributed by atoms with Gasteiger partial charge in [-0.25, -0.2) is 0 Å². The van der Waals surface area contributed by atoms with Crippen LogP contribution in [0.3, 0.4) is 0 Å². The van der Waals surface area contributed by atoms with Gasteiger partial charge in [0.15, 0.2) is 0 Å². The molecule has 0 saturated carbocycles. The number of likely N-dealkylation sites (N-methyl/N-ethyl adjacent to an activating group) is 1. The van der Waals surface area contributed by atoms with Crippen molar-refractivity contribution in [1.82, 2.24) is 15.0 Å². The number of nitrogens with zero attached hydrogens (tertiary/aromatic N) is 3. The summed E-state index contributed by atoms with van der Waals surface area (Å²) in [5, 5.41) is 4.05. The molecule has 0 unspecified atom stereocenters. The maximum atomic E-state index is 13.5. The lowest BCUT2D eigenvalue weighted by Gasteiger charge is -2.24. The van der Waals surface area contributed by atoms with Crippen molar-refractivity contribution in [3.63, 3.8) is 0 Å². The maximum Gasteiger partial charge on any atom is 0.259 e. The van der Waals surface area contributed by atoms with E-state index in [1.165, 1.54) is 0 Å². The van der Waals surface area contributed by atoms with Gasteiger partial charge in [-0.05, 0) is 43.4 Å². The molecule has 2 aromatic carbocycles. The highest BCUT2D eigenvalue weighted by Gasteiger charge is 2.34. The number of carbonyl (C=O) groups is 2. The number of rotatable bonds is 6. The number of aromatic nitrogens is 1. The summed E-state index contributed by atoms with van der Waals surface area (Å²) in [6, 6.07) is 18.4. The predicted octanol–water partition coefficient (Wildman–Crippen LogP) is 4.38. The number of carbonyl (C=O) groups excluding carboxylic acids is 2. The van der Waals surface area contributed by atoms with Crippen LogP contribution in [0.2, 0.25) is 0 Å². The van der Waals surface area contributed by atoms with Gasteiger partial charge in [0.05, 0.1) is 11.6 Å². The first-order valence-electron chi connectivity index (χ1n) is 11.7. The summed E-state index contributed by atoms with van der Waals surface area (Å²) in [4.78, 5) is 30.6. The van der Waals surface area contributed by atoms with Gasteiger partial charge < -0.3 is 14.3 Å². The van der Waals surface area contributed by atoms with Crippen LogP contribution in [0.1, 0.15) is 41.2 Å². The minimum Gasteiger partial charge on any atom is -0.361 e. The molecule has 6 heteroatoms. The first-order valence-corrected chi connectivity index (χ1v) is 11.7. The van der Waals surface area contributed by atoms with Crippen LogP contribution in [0.15, 0.2) is 59.1 Å². The Morgan fingerprint density at radius 2 is 1.79 bits per heavy atom. The van der Waals surface area contributed by atoms with E-state index < -0.39 is 0 Å². The molecule has 33 heavy (non-hydrogen) atoms. The molecule has 1 fully saturated rings. The van der Waals surface area contributed by atoms with Gasteiger partial charge in [-0.1, -0.05) is 66.7 Å². The molecule has 1 saturated heterocycles. The summed E-state index contributed by atoms with van der Waals surface area (Å²) in [7, 11) is 0. The Bertz CT molecular complexity index is 1120. The average molecular weight is 446 g/mol. The first kappa shape index (κ1) is 22.8. The molecule has 1 atom stereocenters. The van der Waals surface area contributed by atoms with Crippen molar-refractivity contribution in [3.05, 3.63) is 77.2 Å². The molecule has 0 spiro atoms. The maximum absolute atomic E-state index is 13.5. The first-order chi connectivity index (χ1) is 16.0. The lowest BCUT2D eigenvalue weighted by molar-refractivity contribution is -0.134. The third-order valence-corrected chi connectivity index (χ3v) is 6.46. The number of aryl methyl sites for hydroxylation is 2. The number of hydrogen-bond donors (Lipinski definition) is 0. The SMILES string of the molecule is CCc1noc(C)c1C(=O)N1CCN(CC)C(=O)[C@H](Cc2ccccc2-c2ccccc2)C1. The molecule has 0 aliphatic carbocycles. The molecule has 6 nitrogen and oxygen atoms in total. The fraction of sp³-hybridized carbons (Fsp3) is 0.370. The van der Waals surface area contributed by atoms with Crippen molar-refractivity contribution in [2.24, 2.45) is 5.92 Å². The van der Waals surface area contributed by atoms with Crippen LogP contribution in [-0.4, -0.2) is 52.9 Å². The Labute approximate surface area is 195 Å². The molecule has 0 bridgehead atoms. The van der Waals surface area contributed by atoms with E-state index in [2.05, 4.69) is 29.4 Å². The Balaban J connectivity index is 1.65. The van der Waals surface area contributed by atoms with Crippen LogP contribution in [0.4, 0.5) is 0 Å². The Morgan fingerprint density at radius 1 is 1.06 bits per heavy atom. The van der Waals surface area contributed by atoms with Crippen molar-refractivity contribution < 1.29 is 14.1 Å². The van der Waals surface area contributed by atoms with Crippen molar-refractivity contribution in [1.29, 1.82) is 0 Å². The van der Waals surface area contributed by atoms with Crippen LogP contribution >= 0.6 is 0 Å². The quantitative estimate of drug-likeness (QED) is 0.565. The van der Waals surface area contributed by atoms with E-state index >= 15 is 0 Å². The Morgan fingerprint density at radius 3 is 2.52 bits per heavy atom. The molecule has 3 aromatic rings. The second-order valence-corrected chi connectivity index (χ2v) is 8.51. The summed E-state index contributed by atoms with van der Waals surface area (Å²) in [5.41, 5.74) is 4.58. The van der Waals surface area contributed by atoms with Crippen LogP contribution in [0.25, 0.3) is 11.1 Å². The molecule has 4 rings (SSSR count). The van der Waals surface area contributed by atoms with E-state index in [4.69, 9.17) is 4.52 Å². The highest BCUT2D eigenvalue weighted by Crippen LogP contribution is 2.28. The minimum absolute atomic E-state index is 0.0994. The van der Waals surface area contributed by atoms with E-state index in [9.17, 15) is 9.59 Å². The Hall–Kier alpha value is -3.41. The van der Waals surface area contributed by atoms with E-state index in [-0.39, 0.29) is 17.7 Å². The smallest absolute Gasteiger partial charge is 0.259 e. The topological polar surface area (TPSA) is 66.7 Å². The van der Waals surface area contributed by atoms with E-state index in [0.717, 1.165) is 16.7 Å². The highest BCUT2D eigenvalue weighted by molar-refractivity contribution is 5.96. The predicted molar refractivity (Wildman–Crippen MR) is 128 cm³/mol. The summed E-state index contributed by atoms with van der Waals surface area (Å²) < 4.78 is 5.31. The largest absolute Gasteiger partial charge is 0.361 e. The van der Waals surface area contributed by atoms with Gasteiger partial charge in [-0.2, -0.15) is 0 Å². The van der Waals surface area contributed by atoms with Crippen LogP contribution in [0, 0.1) is 12.8 Å². The Kier molecular flexibility index (Phi) is 6.92. The monoisotopic (exact) mass is 445 g/mol. The second kappa shape index (κ2) is 10.0. The van der Waals surface area contributed by atoms with E-state index in [0.29, 0.717) is 56.0 Å². The normalized spacial score (nSPS) is 16.7. The lowest BCUT2D eigenvalue weighted by Crippen LogP contribution is -2.38. The summed E-state index contributed by atoms with van der Waals surface area (Å²) in [5.74, 6) is 0.225. The molecule has 2 amide bonds. The lowest BCUT2D eigenvalue weighted by atomic mass is 9.91. The van der Waals surface area contributed by atoms with Gasteiger partial charge in [0.1, 0.15) is 11.3 Å². The third kappa shape index (κ3) is 4.70. The third-order valence-electron chi connectivity index (χ3n) is 6.46. The van der Waals surface area contributed by atoms with Crippen LogP contribution in [-0.2, 0) is 17.6 Å². The molecule has 0 N–H and O–H groups in total. The zero-order valence-corrected chi connectivity index (χ0v) is 19.6. The zero-order valence-electron chi connectivity index (χ0n) is 19.6. The van der Waals surface area contributed by atoms with Crippen molar-refractivity contribution in [2.75, 3.05) is 26.2 Å². The molecule has 172 valence electrons. The molecule has 1 aliphatic heterocycles. The number of amides is 2. The number of benzene rings is 2. The van der Waals surface area contributed by atoms with Gasteiger partial charge in [0.2, 0.25) is 5.91 Å². The molecule has 1 aliphatic rings. The molecule has 1 aromatic heterocycles. The van der Waals surface area contributed by atoms with Gasteiger partial charge >= 0.3 is 0 Å². The summed E-state index contributed by atoms with van der Waals surface area (Å²) in [6.45, 7) is 7.77. The average Bonchev–Trinajstić information content (AvgIpc) is 3.15. The van der Waals surface area contributed by atoms with Gasteiger partial charge in [-0.3, -0.25) is 9.59 Å². The highest BCUT2D eigenvalue weighted by atomic mass is 16.5.